The third-order valence-electron chi connectivity index (χ3n) is 4.13. The highest BCUT2D eigenvalue weighted by Gasteiger charge is 2.41. The maximum absolute atomic E-state index is 12.1. The zero-order valence-corrected chi connectivity index (χ0v) is 16.7. The van der Waals surface area contributed by atoms with E-state index in [2.05, 4.69) is 27.5 Å². The van der Waals surface area contributed by atoms with Gasteiger partial charge in [-0.2, -0.15) is 0 Å². The average molecular weight is 451 g/mol. The standard InChI is InChI=1S/C16H21BrClN3O5/c1-4-10(25-15(23)12(19)7(2)3)13-9(18)5-11(26-13)21-6-8(17)14(22)20-16(21)24/h4,6-7,9-13H,1,5,19H2,2-3H3,(H,20,22,24)/t9-,10?,11+,12-,13-/m0/s1. The second-order valence-corrected chi connectivity index (χ2v) is 7.77. The highest BCUT2D eigenvalue weighted by molar-refractivity contribution is 9.10. The minimum atomic E-state index is -0.818. The van der Waals surface area contributed by atoms with Gasteiger partial charge in [-0.25, -0.2) is 4.79 Å². The molecule has 1 aliphatic rings. The van der Waals surface area contributed by atoms with Crippen LogP contribution in [0.4, 0.5) is 0 Å². The first-order valence-electron chi connectivity index (χ1n) is 8.04. The average Bonchev–Trinajstić information content (AvgIpc) is 2.96. The molecule has 10 heteroatoms. The first kappa shape index (κ1) is 20.9. The van der Waals surface area contributed by atoms with Gasteiger partial charge >= 0.3 is 11.7 Å². The summed E-state index contributed by atoms with van der Waals surface area (Å²) in [6, 6.07) is -0.777. The second kappa shape index (κ2) is 8.51. The van der Waals surface area contributed by atoms with Gasteiger partial charge in [-0.3, -0.25) is 19.1 Å². The molecule has 144 valence electrons. The quantitative estimate of drug-likeness (QED) is 0.383. The first-order chi connectivity index (χ1) is 12.1. The molecule has 1 unspecified atom stereocenters. The third-order valence-corrected chi connectivity index (χ3v) is 5.12. The molecule has 0 saturated carbocycles. The SMILES string of the molecule is C=CC(OC(=O)[C@@H](N)C(C)C)[C@H]1O[C@@H](n2cc(Br)c(=O)[nH]c2=O)C[C@@H]1Cl. The number of carbonyl (C=O) groups is 1. The van der Waals surface area contributed by atoms with Gasteiger partial charge in [-0.1, -0.05) is 20.4 Å². The fourth-order valence-corrected chi connectivity index (χ4v) is 3.20. The van der Waals surface area contributed by atoms with E-state index in [0.29, 0.717) is 0 Å². The maximum atomic E-state index is 12.1. The molecular formula is C16H21BrClN3O5. The van der Waals surface area contributed by atoms with Gasteiger partial charge < -0.3 is 15.2 Å². The number of esters is 1. The van der Waals surface area contributed by atoms with E-state index in [0.717, 1.165) is 0 Å². The Morgan fingerprint density at radius 3 is 2.81 bits per heavy atom. The van der Waals surface area contributed by atoms with Crippen molar-refractivity contribution in [3.63, 3.8) is 0 Å². The number of halogens is 2. The van der Waals surface area contributed by atoms with Gasteiger partial charge in [0, 0.05) is 12.6 Å². The van der Waals surface area contributed by atoms with Crippen molar-refractivity contribution >= 4 is 33.5 Å². The molecule has 5 atom stereocenters. The predicted molar refractivity (Wildman–Crippen MR) is 100 cm³/mol. The van der Waals surface area contributed by atoms with Gasteiger partial charge in [-0.05, 0) is 27.9 Å². The minimum absolute atomic E-state index is 0.0888. The van der Waals surface area contributed by atoms with Crippen molar-refractivity contribution in [2.24, 2.45) is 11.7 Å². The summed E-state index contributed by atoms with van der Waals surface area (Å²) in [6.45, 7) is 7.27. The van der Waals surface area contributed by atoms with Crippen molar-refractivity contribution in [1.82, 2.24) is 9.55 Å². The van der Waals surface area contributed by atoms with Gasteiger partial charge in [-0.15, -0.1) is 11.6 Å². The molecule has 0 amide bonds. The molecule has 0 spiro atoms. The molecule has 0 aromatic carbocycles. The Hall–Kier alpha value is -1.42. The summed E-state index contributed by atoms with van der Waals surface area (Å²) >= 11 is 9.42. The number of nitrogens with one attached hydrogen (secondary N) is 1. The van der Waals surface area contributed by atoms with Crippen LogP contribution in [0.1, 0.15) is 26.5 Å². The number of nitrogens with zero attached hydrogens (tertiary/aromatic N) is 1. The van der Waals surface area contributed by atoms with E-state index < -0.39 is 47.1 Å². The van der Waals surface area contributed by atoms with Crippen LogP contribution in [0.3, 0.4) is 0 Å². The number of aromatic amines is 1. The number of carbonyl (C=O) groups excluding carboxylic acids is 1. The first-order valence-corrected chi connectivity index (χ1v) is 9.27. The van der Waals surface area contributed by atoms with E-state index >= 15 is 0 Å². The van der Waals surface area contributed by atoms with Crippen molar-refractivity contribution in [2.45, 2.75) is 50.1 Å². The van der Waals surface area contributed by atoms with Crippen LogP contribution in [-0.2, 0) is 14.3 Å². The van der Waals surface area contributed by atoms with E-state index in [4.69, 9.17) is 26.8 Å². The Labute approximate surface area is 163 Å². The van der Waals surface area contributed by atoms with Crippen molar-refractivity contribution < 1.29 is 14.3 Å². The predicted octanol–water partition coefficient (Wildman–Crippen LogP) is 1.28. The monoisotopic (exact) mass is 449 g/mol. The number of aromatic nitrogens is 2. The molecule has 8 nitrogen and oxygen atoms in total. The number of ether oxygens (including phenoxy) is 2. The lowest BCUT2D eigenvalue weighted by atomic mass is 10.1. The molecule has 1 aromatic heterocycles. The lowest BCUT2D eigenvalue weighted by molar-refractivity contribution is -0.157. The van der Waals surface area contributed by atoms with Crippen molar-refractivity contribution in [3.05, 3.63) is 44.2 Å². The lowest BCUT2D eigenvalue weighted by Crippen LogP contribution is -2.42. The number of hydrogen-bond donors (Lipinski definition) is 2. The number of nitrogens with two attached hydrogens (primary N) is 1. The molecule has 3 N–H and O–H groups in total. The van der Waals surface area contributed by atoms with E-state index in [1.807, 2.05) is 13.8 Å². The van der Waals surface area contributed by atoms with Crippen LogP contribution in [0.5, 0.6) is 0 Å². The Morgan fingerprint density at radius 1 is 1.58 bits per heavy atom. The van der Waals surface area contributed by atoms with Gasteiger partial charge in [0.1, 0.15) is 24.5 Å². The number of hydrogen-bond acceptors (Lipinski definition) is 6. The smallest absolute Gasteiger partial charge is 0.330 e. The molecule has 1 saturated heterocycles. The molecule has 1 aromatic rings. The summed E-state index contributed by atoms with van der Waals surface area (Å²) in [5.74, 6) is -0.668. The van der Waals surface area contributed by atoms with Gasteiger partial charge in [0.2, 0.25) is 0 Å². The molecule has 0 bridgehead atoms. The summed E-state index contributed by atoms with van der Waals surface area (Å²) in [7, 11) is 0. The molecular weight excluding hydrogens is 430 g/mol. The fraction of sp³-hybridized carbons (Fsp3) is 0.562. The number of H-pyrrole nitrogens is 1. The third kappa shape index (κ3) is 4.46. The molecule has 0 aliphatic carbocycles. The topological polar surface area (TPSA) is 116 Å². The highest BCUT2D eigenvalue weighted by atomic mass is 79.9. The lowest BCUT2D eigenvalue weighted by Gasteiger charge is -2.25. The number of rotatable bonds is 6. The summed E-state index contributed by atoms with van der Waals surface area (Å²) < 4.78 is 12.6. The Morgan fingerprint density at radius 2 is 2.23 bits per heavy atom. The second-order valence-electron chi connectivity index (χ2n) is 6.36. The van der Waals surface area contributed by atoms with Crippen LogP contribution in [0.15, 0.2) is 32.9 Å². The van der Waals surface area contributed by atoms with Crippen molar-refractivity contribution in [2.75, 3.05) is 0 Å². The maximum Gasteiger partial charge on any atom is 0.330 e. The van der Waals surface area contributed by atoms with Gasteiger partial charge in [0.05, 0.1) is 9.85 Å². The summed E-state index contributed by atoms with van der Waals surface area (Å²) in [5.41, 5.74) is 4.64. The van der Waals surface area contributed by atoms with Crippen LogP contribution in [0, 0.1) is 5.92 Å². The molecule has 0 radical (unpaired) electrons. The Balaban J connectivity index is 2.17. The fourth-order valence-electron chi connectivity index (χ4n) is 2.52. The molecule has 1 aliphatic heterocycles. The van der Waals surface area contributed by atoms with Crippen LogP contribution < -0.4 is 17.0 Å². The van der Waals surface area contributed by atoms with E-state index in [1.165, 1.54) is 16.8 Å². The summed E-state index contributed by atoms with van der Waals surface area (Å²) in [6.07, 6.45) is 0.785. The van der Waals surface area contributed by atoms with Crippen LogP contribution in [0.25, 0.3) is 0 Å². The molecule has 2 rings (SSSR count). The Kier molecular flexibility index (Phi) is 6.84. The zero-order valence-electron chi connectivity index (χ0n) is 14.4. The largest absolute Gasteiger partial charge is 0.454 e. The highest BCUT2D eigenvalue weighted by Crippen LogP contribution is 2.34. The molecule has 2 heterocycles. The van der Waals surface area contributed by atoms with Crippen molar-refractivity contribution in [3.8, 4) is 0 Å². The summed E-state index contributed by atoms with van der Waals surface area (Å²) in [4.78, 5) is 37.8. The van der Waals surface area contributed by atoms with Crippen LogP contribution in [-0.4, -0.2) is 39.1 Å². The molecule has 1 fully saturated rings. The van der Waals surface area contributed by atoms with Gasteiger partial charge in [0.15, 0.2) is 0 Å². The van der Waals surface area contributed by atoms with Crippen LogP contribution >= 0.6 is 27.5 Å². The van der Waals surface area contributed by atoms with Gasteiger partial charge in [0.25, 0.3) is 5.56 Å². The number of alkyl halides is 1. The summed E-state index contributed by atoms with van der Waals surface area (Å²) in [5, 5.41) is -0.538. The van der Waals surface area contributed by atoms with E-state index in [-0.39, 0.29) is 16.8 Å². The minimum Gasteiger partial charge on any atom is -0.454 e. The zero-order chi connectivity index (χ0) is 19.6. The normalized spacial score (nSPS) is 25.1. The van der Waals surface area contributed by atoms with Crippen LogP contribution in [0.2, 0.25) is 0 Å². The Bertz CT molecular complexity index is 793. The van der Waals surface area contributed by atoms with E-state index in [9.17, 15) is 14.4 Å². The van der Waals surface area contributed by atoms with E-state index in [1.54, 1.807) is 0 Å². The van der Waals surface area contributed by atoms with Crippen molar-refractivity contribution in [1.29, 1.82) is 0 Å². The molecule has 26 heavy (non-hydrogen) atoms.